The van der Waals surface area contributed by atoms with E-state index in [-0.39, 0.29) is 9.88 Å². The van der Waals surface area contributed by atoms with Crippen LogP contribution in [0, 0.1) is 10.1 Å². The Morgan fingerprint density at radius 3 is 2.78 bits per heavy atom. The number of thiazole rings is 1. The Balaban J connectivity index is 2.09. The van der Waals surface area contributed by atoms with Crippen LogP contribution in [0.1, 0.15) is 16.6 Å². The lowest BCUT2D eigenvalue weighted by molar-refractivity contribution is -0.380. The van der Waals surface area contributed by atoms with E-state index in [9.17, 15) is 14.9 Å². The molecule has 1 amide bonds. The molecular weight excluding hydrogens is 433 g/mol. The second kappa shape index (κ2) is 8.49. The summed E-state index contributed by atoms with van der Waals surface area (Å²) in [4.78, 5) is 27.5. The molecule has 0 atom stereocenters. The van der Waals surface area contributed by atoms with E-state index in [2.05, 4.69) is 4.99 Å². The van der Waals surface area contributed by atoms with E-state index in [1.54, 1.807) is 16.7 Å². The number of thiophene rings is 1. The molecule has 3 aromatic rings. The summed E-state index contributed by atoms with van der Waals surface area (Å²) in [5, 5.41) is 11.6. The van der Waals surface area contributed by atoms with E-state index in [0.717, 1.165) is 21.6 Å². The van der Waals surface area contributed by atoms with Crippen molar-refractivity contribution in [3.8, 4) is 0 Å². The van der Waals surface area contributed by atoms with Crippen molar-refractivity contribution in [3.63, 3.8) is 0 Å². The largest absolute Gasteiger partial charge is 0.380 e. The van der Waals surface area contributed by atoms with Crippen molar-refractivity contribution in [1.29, 1.82) is 0 Å². The maximum atomic E-state index is 12.5. The van der Waals surface area contributed by atoms with Gasteiger partial charge in [-0.3, -0.25) is 14.9 Å². The second-order valence-corrected chi connectivity index (χ2v) is 8.19. The summed E-state index contributed by atoms with van der Waals surface area (Å²) in [7, 11) is 0. The van der Waals surface area contributed by atoms with Crippen molar-refractivity contribution in [1.82, 2.24) is 4.57 Å². The maximum Gasteiger partial charge on any atom is 0.324 e. The van der Waals surface area contributed by atoms with Gasteiger partial charge in [0.15, 0.2) is 4.80 Å². The van der Waals surface area contributed by atoms with Gasteiger partial charge in [0.25, 0.3) is 5.91 Å². The zero-order chi connectivity index (χ0) is 19.6. The number of hydrogen-bond acceptors (Lipinski definition) is 6. The summed E-state index contributed by atoms with van der Waals surface area (Å²) in [5.41, 5.74) is 0.717. The van der Waals surface area contributed by atoms with Crippen LogP contribution in [-0.4, -0.2) is 28.6 Å². The Labute approximate surface area is 171 Å². The molecule has 11 heteroatoms. The summed E-state index contributed by atoms with van der Waals surface area (Å²) >= 11 is 14.5. The Bertz CT molecular complexity index is 1090. The predicted octanol–water partition coefficient (Wildman–Crippen LogP) is 4.76. The molecule has 0 aliphatic heterocycles. The van der Waals surface area contributed by atoms with Gasteiger partial charge in [-0.1, -0.05) is 45.9 Å². The highest BCUT2D eigenvalue weighted by molar-refractivity contribution is 7.17. The average molecular weight is 446 g/mol. The van der Waals surface area contributed by atoms with Crippen molar-refractivity contribution < 1.29 is 14.5 Å². The van der Waals surface area contributed by atoms with Crippen molar-refractivity contribution >= 4 is 67.0 Å². The summed E-state index contributed by atoms with van der Waals surface area (Å²) in [6, 6.07) is 6.07. The Hall–Kier alpha value is -1.78. The number of hydrogen-bond donors (Lipinski definition) is 0. The molecule has 0 N–H and O–H groups in total. The molecule has 0 fully saturated rings. The van der Waals surface area contributed by atoms with Crippen molar-refractivity contribution in [3.05, 3.63) is 54.1 Å². The van der Waals surface area contributed by atoms with Gasteiger partial charge in [-0.25, -0.2) is 0 Å². The standard InChI is InChI=1S/C16H13Cl2N3O4S2/c1-2-25-6-5-20-14-10(18)7-9(17)8-12(14)27-16(20)19-15(22)11-3-4-13(26-11)21(23)24/h3-4,7-8H,2,5-6H2,1H3. The number of nitro groups is 1. The number of ether oxygens (including phenoxy) is 1. The van der Waals surface area contributed by atoms with Crippen LogP contribution in [-0.2, 0) is 11.3 Å². The monoisotopic (exact) mass is 445 g/mol. The molecule has 3 rings (SSSR count). The molecule has 0 unspecified atom stereocenters. The Morgan fingerprint density at radius 2 is 2.11 bits per heavy atom. The van der Waals surface area contributed by atoms with Gasteiger partial charge in [0, 0.05) is 24.2 Å². The van der Waals surface area contributed by atoms with E-state index in [1.165, 1.54) is 23.5 Å². The Morgan fingerprint density at radius 1 is 1.33 bits per heavy atom. The van der Waals surface area contributed by atoms with Crippen LogP contribution in [0.3, 0.4) is 0 Å². The summed E-state index contributed by atoms with van der Waals surface area (Å²) in [6.45, 7) is 3.33. The number of fused-ring (bicyclic) bond motifs is 1. The van der Waals surface area contributed by atoms with E-state index >= 15 is 0 Å². The normalized spacial score (nSPS) is 12.0. The highest BCUT2D eigenvalue weighted by Gasteiger charge is 2.17. The van der Waals surface area contributed by atoms with Crippen LogP contribution >= 0.6 is 45.9 Å². The van der Waals surface area contributed by atoms with Gasteiger partial charge >= 0.3 is 5.00 Å². The molecule has 27 heavy (non-hydrogen) atoms. The fraction of sp³-hybridized carbons (Fsp3) is 0.250. The average Bonchev–Trinajstić information content (AvgIpc) is 3.21. The van der Waals surface area contributed by atoms with E-state index in [1.807, 2.05) is 6.92 Å². The minimum atomic E-state index is -0.549. The minimum Gasteiger partial charge on any atom is -0.380 e. The summed E-state index contributed by atoms with van der Waals surface area (Å²) < 4.78 is 7.99. The number of aromatic nitrogens is 1. The number of rotatable bonds is 6. The predicted molar refractivity (Wildman–Crippen MR) is 107 cm³/mol. The Kier molecular flexibility index (Phi) is 6.28. The number of halogens is 2. The highest BCUT2D eigenvalue weighted by Crippen LogP contribution is 2.30. The fourth-order valence-electron chi connectivity index (χ4n) is 2.40. The van der Waals surface area contributed by atoms with E-state index < -0.39 is 10.8 Å². The molecule has 142 valence electrons. The van der Waals surface area contributed by atoms with Crippen LogP contribution in [0.15, 0.2) is 29.3 Å². The van der Waals surface area contributed by atoms with Crippen molar-refractivity contribution in [2.45, 2.75) is 13.5 Å². The molecule has 7 nitrogen and oxygen atoms in total. The fourth-order valence-corrected chi connectivity index (χ4v) is 4.95. The second-order valence-electron chi connectivity index (χ2n) is 5.28. The van der Waals surface area contributed by atoms with Crippen LogP contribution in [0.5, 0.6) is 0 Å². The number of carbonyl (C=O) groups is 1. The number of amides is 1. The first-order valence-electron chi connectivity index (χ1n) is 7.80. The van der Waals surface area contributed by atoms with Crippen molar-refractivity contribution in [2.75, 3.05) is 13.2 Å². The summed E-state index contributed by atoms with van der Waals surface area (Å²) in [5.74, 6) is -0.549. The van der Waals surface area contributed by atoms with Gasteiger partial charge in [-0.15, -0.1) is 0 Å². The molecular formula is C16H13Cl2N3O4S2. The molecule has 2 aromatic heterocycles. The van der Waals surface area contributed by atoms with Gasteiger partial charge in [-0.05, 0) is 25.1 Å². The molecule has 0 aliphatic carbocycles. The first-order chi connectivity index (χ1) is 12.9. The lowest BCUT2D eigenvalue weighted by atomic mass is 10.3. The highest BCUT2D eigenvalue weighted by atomic mass is 35.5. The lowest BCUT2D eigenvalue weighted by Crippen LogP contribution is -2.19. The van der Waals surface area contributed by atoms with E-state index in [0.29, 0.717) is 34.6 Å². The number of nitrogens with zero attached hydrogens (tertiary/aromatic N) is 3. The first-order valence-corrected chi connectivity index (χ1v) is 10.2. The lowest BCUT2D eigenvalue weighted by Gasteiger charge is -2.06. The third-order valence-corrected chi connectivity index (χ3v) is 6.09. The molecule has 0 bridgehead atoms. The van der Waals surface area contributed by atoms with Gasteiger partial charge in [0.2, 0.25) is 0 Å². The topological polar surface area (TPSA) is 86.7 Å². The minimum absolute atomic E-state index is 0.107. The van der Waals surface area contributed by atoms with Gasteiger partial charge in [0.05, 0.1) is 26.8 Å². The molecule has 0 saturated carbocycles. The van der Waals surface area contributed by atoms with Crippen LogP contribution < -0.4 is 4.80 Å². The molecule has 2 heterocycles. The molecule has 0 radical (unpaired) electrons. The van der Waals surface area contributed by atoms with E-state index in [4.69, 9.17) is 27.9 Å². The van der Waals surface area contributed by atoms with Crippen LogP contribution in [0.25, 0.3) is 10.2 Å². The first kappa shape index (κ1) is 20.0. The van der Waals surface area contributed by atoms with Crippen LogP contribution in [0.2, 0.25) is 10.0 Å². The third kappa shape index (κ3) is 4.39. The summed E-state index contributed by atoms with van der Waals surface area (Å²) in [6.07, 6.45) is 0. The van der Waals surface area contributed by atoms with Crippen molar-refractivity contribution in [2.24, 2.45) is 4.99 Å². The molecule has 0 aliphatic rings. The van der Waals surface area contributed by atoms with Gasteiger partial charge in [-0.2, -0.15) is 4.99 Å². The molecule has 1 aromatic carbocycles. The van der Waals surface area contributed by atoms with Gasteiger partial charge < -0.3 is 9.30 Å². The number of benzene rings is 1. The number of carbonyl (C=O) groups excluding carboxylic acids is 1. The zero-order valence-electron chi connectivity index (χ0n) is 14.0. The zero-order valence-corrected chi connectivity index (χ0v) is 17.1. The van der Waals surface area contributed by atoms with Gasteiger partial charge in [0.1, 0.15) is 4.88 Å². The maximum absolute atomic E-state index is 12.5. The molecule has 0 spiro atoms. The quantitative estimate of drug-likeness (QED) is 0.311. The third-order valence-electron chi connectivity index (χ3n) is 3.54. The SMILES string of the molecule is CCOCCn1c(=NC(=O)c2ccc([N+](=O)[O-])s2)sc2cc(Cl)cc(Cl)c21. The van der Waals surface area contributed by atoms with Crippen LogP contribution in [0.4, 0.5) is 5.00 Å². The molecule has 0 saturated heterocycles. The smallest absolute Gasteiger partial charge is 0.324 e.